The molecular formula is C134H148N8O8. The predicted octanol–water partition coefficient (Wildman–Crippen LogP) is 29.1. The molecule has 12 aromatic rings. The molecule has 0 spiro atoms. The summed E-state index contributed by atoms with van der Waals surface area (Å²) in [5.41, 5.74) is 26.3. The van der Waals surface area contributed by atoms with Crippen LogP contribution in [0.4, 0.5) is 0 Å². The molecule has 0 saturated carbocycles. The lowest BCUT2D eigenvalue weighted by atomic mass is 9.71. The molecule has 8 heterocycles. The SMILES string of the molecule is CC(C)(C)c1cc(CC(Cc2cc(C(C)(C)C)cc(C(C)(C)C)c2)(C2=N[C@H]3c4ccccc4C[C@H]3O2)C2=N[C@H]3c4ccccc4C[C@H]3O2)cc(C(C)(C)C)c1.CC(C)(C)c1ccc(CC(Cc2ccc(C(C)(C)C)cc2)(C2=N[C@H](c3ccccc3)CO2)C2=N[C@H](c3ccccc3)CO2)cc1.CC(C)(C1=N[C@H](c2ccccc2)CO1)C1=N[C@H](c2ccccc2)CO1.c1ccc2c(c1)C[C@H]1OC(CC3=N[C@H]4c5ccccc5C[C@H]4O3)=N[C@@H]21. The van der Waals surface area contributed by atoms with Crippen LogP contribution in [0, 0.1) is 16.2 Å². The molecule has 0 unspecified atom stereocenters. The van der Waals surface area contributed by atoms with E-state index >= 15 is 0 Å². The van der Waals surface area contributed by atoms with Crippen LogP contribution >= 0.6 is 0 Å². The van der Waals surface area contributed by atoms with E-state index in [0.717, 1.165) is 60.4 Å². The van der Waals surface area contributed by atoms with Gasteiger partial charge in [-0.25, -0.2) is 39.9 Å². The van der Waals surface area contributed by atoms with Gasteiger partial charge < -0.3 is 37.9 Å². The van der Waals surface area contributed by atoms with Gasteiger partial charge in [0.1, 0.15) is 115 Å². The van der Waals surface area contributed by atoms with Gasteiger partial charge >= 0.3 is 0 Å². The highest BCUT2D eigenvalue weighted by Crippen LogP contribution is 2.53. The third-order valence-corrected chi connectivity index (χ3v) is 32.2. The van der Waals surface area contributed by atoms with Crippen molar-refractivity contribution >= 4 is 47.2 Å². The molecule has 772 valence electrons. The van der Waals surface area contributed by atoms with Crippen LogP contribution in [0.5, 0.6) is 0 Å². The highest BCUT2D eigenvalue weighted by Gasteiger charge is 2.57. The predicted molar refractivity (Wildman–Crippen MR) is 607 cm³/mol. The molecule has 0 aromatic heterocycles. The average Bonchev–Trinajstić information content (AvgIpc) is 1.52. The zero-order chi connectivity index (χ0) is 105. The molecule has 0 fully saturated rings. The smallest absolute Gasteiger partial charge is 0.201 e. The number of benzene rings is 12. The van der Waals surface area contributed by atoms with Crippen molar-refractivity contribution in [1.29, 1.82) is 0 Å². The molecule has 16 nitrogen and oxygen atoms in total. The van der Waals surface area contributed by atoms with Gasteiger partial charge in [0, 0.05) is 25.7 Å². The maximum absolute atomic E-state index is 7.26. The first-order valence-electron chi connectivity index (χ1n) is 54.5. The summed E-state index contributed by atoms with van der Waals surface area (Å²) in [6, 6.07) is 109. The molecular weight excluding hydrogens is 1850 g/mol. The summed E-state index contributed by atoms with van der Waals surface area (Å²) in [7, 11) is 0. The quantitative estimate of drug-likeness (QED) is 0.0725. The van der Waals surface area contributed by atoms with Gasteiger partial charge in [-0.15, -0.1) is 0 Å². The fourth-order valence-electron chi connectivity index (χ4n) is 23.3. The Labute approximate surface area is 889 Å². The molecule has 0 radical (unpaired) electrons. The topological polar surface area (TPSA) is 173 Å². The van der Waals surface area contributed by atoms with E-state index in [1.807, 2.05) is 48.5 Å². The first-order valence-corrected chi connectivity index (χ1v) is 54.5. The standard InChI is InChI=1S/C51H62N2O2.C41H46N2O2.C21H18N2O2.C21H22N2O2/c1-47(2,3)35-21-31(22-36(27-35)48(4,5)6)29-51(45-52-43-39-19-15-13-17-33(39)25-41(43)54-45,46-53-44-40-20-16-14-18-34(40)26-42(44)55-46)30-32-23-37(49(7,8)9)28-38(24-32)50(10,11)12;1-39(2,3)33-21-17-29(18-22-33)25-41(26-30-19-23-34(24-20-30)40(4,5)6,37-42-35(27-44-37)31-13-9-7-10-14-31)38-43-36(28-45-38)32-15-11-8-12-16-32;1-3-7-14-12(5-1)9-16-20(14)22-18(24-16)11-19-23-21-15-8-4-2-6-13(15)10-17(21)25-19;1-21(2,19-22-17(13-24-19)15-9-5-3-6-10-15)20-23-18(14-25-20)16-11-7-4-8-12-16/h13-24,27-28,41-44H,25-26,29-30H2,1-12H3;7-24,35-36H,25-28H2,1-6H3;1-8,16-17,20-21H,9-11H2;3-12,17-18H,13-14H2,1-2H3/t41-,42-,43+,44+;35-,36-;16-,17-,20+,21+;17-,18-/m1010/s1. The lowest BCUT2D eigenvalue weighted by Gasteiger charge is -2.36. The summed E-state index contributed by atoms with van der Waals surface area (Å²) in [6.07, 6.45) is 7.08. The molecule has 8 aliphatic heterocycles. The van der Waals surface area contributed by atoms with Gasteiger partial charge in [0.2, 0.25) is 23.6 Å². The maximum atomic E-state index is 7.26. The summed E-state index contributed by atoms with van der Waals surface area (Å²) in [6.45, 7) is 47.7. The third kappa shape index (κ3) is 21.4. The van der Waals surface area contributed by atoms with E-state index in [-0.39, 0.29) is 105 Å². The van der Waals surface area contributed by atoms with Crippen LogP contribution in [0.2, 0.25) is 0 Å². The van der Waals surface area contributed by atoms with E-state index in [9.17, 15) is 0 Å². The van der Waals surface area contributed by atoms with E-state index in [2.05, 4.69) is 393 Å². The normalized spacial score (nSPS) is 22.5. The third-order valence-electron chi connectivity index (χ3n) is 32.2. The molecule has 16 heteroatoms. The zero-order valence-corrected chi connectivity index (χ0v) is 91.3. The summed E-state index contributed by atoms with van der Waals surface area (Å²) in [4.78, 5) is 41.2. The van der Waals surface area contributed by atoms with Gasteiger partial charge in [0.25, 0.3) is 0 Å². The number of fused-ring (bicyclic) bond motifs is 12. The highest BCUT2D eigenvalue weighted by atomic mass is 16.5. The van der Waals surface area contributed by atoms with Gasteiger partial charge in [0.05, 0.1) is 6.42 Å². The molecule has 4 aliphatic carbocycles. The molecule has 12 aliphatic rings. The van der Waals surface area contributed by atoms with Crippen molar-refractivity contribution in [3.63, 3.8) is 0 Å². The molecule has 0 N–H and O–H groups in total. The lowest BCUT2D eigenvalue weighted by Crippen LogP contribution is -2.45. The number of hydrogen-bond acceptors (Lipinski definition) is 16. The second kappa shape index (κ2) is 40.6. The Bertz CT molecular complexity index is 6730. The molecule has 24 rings (SSSR count). The van der Waals surface area contributed by atoms with E-state index in [0.29, 0.717) is 82.1 Å². The second-order valence-electron chi connectivity index (χ2n) is 50.0. The molecule has 0 amide bonds. The van der Waals surface area contributed by atoms with Crippen molar-refractivity contribution in [3.05, 3.63) is 426 Å². The lowest BCUT2D eigenvalue weighted by molar-refractivity contribution is 0.162. The van der Waals surface area contributed by atoms with Crippen molar-refractivity contribution in [2.45, 2.75) is 302 Å². The van der Waals surface area contributed by atoms with E-state index in [1.165, 1.54) is 111 Å². The van der Waals surface area contributed by atoms with Crippen molar-refractivity contribution in [1.82, 2.24) is 0 Å². The van der Waals surface area contributed by atoms with Crippen LogP contribution in [0.1, 0.15) is 316 Å². The Hall–Kier alpha value is -13.6. The van der Waals surface area contributed by atoms with Gasteiger partial charge in [-0.05, 0) is 194 Å². The van der Waals surface area contributed by atoms with Gasteiger partial charge in [0.15, 0.2) is 23.6 Å². The number of rotatable bonds is 20. The van der Waals surface area contributed by atoms with Crippen LogP contribution < -0.4 is 0 Å². The maximum Gasteiger partial charge on any atom is 0.201 e. The molecule has 12 aromatic carbocycles. The van der Waals surface area contributed by atoms with Gasteiger partial charge in [-0.3, -0.25) is 0 Å². The molecule has 150 heavy (non-hydrogen) atoms. The minimum atomic E-state index is -0.768. The summed E-state index contributed by atoms with van der Waals surface area (Å²) >= 11 is 0. The highest BCUT2D eigenvalue weighted by molar-refractivity contribution is 6.09. The summed E-state index contributed by atoms with van der Waals surface area (Å²) < 4.78 is 51.9. The van der Waals surface area contributed by atoms with Crippen LogP contribution in [-0.2, 0) is 122 Å². The van der Waals surface area contributed by atoms with Crippen LogP contribution in [0.3, 0.4) is 0 Å². The van der Waals surface area contributed by atoms with Crippen molar-refractivity contribution in [2.75, 3.05) is 26.4 Å². The zero-order valence-electron chi connectivity index (χ0n) is 91.3. The Morgan fingerprint density at radius 2 is 0.460 bits per heavy atom. The number of hydrogen-bond donors (Lipinski definition) is 0. The minimum Gasteiger partial charge on any atom is -0.478 e. The monoisotopic (exact) mass is 2000 g/mol. The summed E-state index contributed by atoms with van der Waals surface area (Å²) in [5, 5.41) is 0. The Balaban J connectivity index is 0.000000123. The van der Waals surface area contributed by atoms with Gasteiger partial charge in [-0.2, -0.15) is 0 Å². The largest absolute Gasteiger partial charge is 0.478 e. The number of aliphatic imine (C=N–C) groups is 8. The Kier molecular flexibility index (Phi) is 27.7. The van der Waals surface area contributed by atoms with Gasteiger partial charge in [-0.1, -0.05) is 428 Å². The van der Waals surface area contributed by atoms with E-state index in [1.54, 1.807) is 0 Å². The van der Waals surface area contributed by atoms with Crippen molar-refractivity contribution < 1.29 is 37.9 Å². The number of nitrogens with zero attached hydrogens (tertiary/aromatic N) is 8. The molecule has 0 bridgehead atoms. The fraction of sp³-hybridized carbons (Fsp3) is 0.403. The average molecular weight is 2000 g/mol. The molecule has 0 saturated heterocycles. The molecule has 12 atom stereocenters. The Morgan fingerprint density at radius 3 is 0.747 bits per heavy atom. The van der Waals surface area contributed by atoms with Crippen molar-refractivity contribution in [2.24, 2.45) is 56.2 Å². The number of ether oxygens (including phenoxy) is 8. The van der Waals surface area contributed by atoms with E-state index < -0.39 is 16.2 Å². The minimum absolute atomic E-state index is 0.0223. The van der Waals surface area contributed by atoms with E-state index in [4.69, 9.17) is 77.8 Å². The summed E-state index contributed by atoms with van der Waals surface area (Å²) in [5.74, 6) is 5.93. The van der Waals surface area contributed by atoms with Crippen LogP contribution in [-0.4, -0.2) is 98.0 Å². The van der Waals surface area contributed by atoms with Crippen molar-refractivity contribution in [3.8, 4) is 0 Å². The fourth-order valence-corrected chi connectivity index (χ4v) is 23.3. The first-order chi connectivity index (χ1) is 71.7. The second-order valence-corrected chi connectivity index (χ2v) is 50.0. The first kappa shape index (κ1) is 102. The van der Waals surface area contributed by atoms with Crippen LogP contribution in [0.15, 0.2) is 343 Å². The van der Waals surface area contributed by atoms with Crippen LogP contribution in [0.25, 0.3) is 0 Å². The Morgan fingerprint density at radius 1 is 0.220 bits per heavy atom.